The number of aromatic amines is 2. The normalized spacial score (nSPS) is 13.1. The number of benzene rings is 2. The molecule has 8 heteroatoms. The van der Waals surface area contributed by atoms with Crippen molar-refractivity contribution in [2.24, 2.45) is 0 Å². The van der Waals surface area contributed by atoms with Crippen molar-refractivity contribution < 1.29 is 9.59 Å². The Morgan fingerprint density at radius 3 is 1.59 bits per heavy atom. The Morgan fingerprint density at radius 2 is 1.19 bits per heavy atom. The van der Waals surface area contributed by atoms with Crippen molar-refractivity contribution in [3.05, 3.63) is 59.9 Å². The minimum Gasteiger partial charge on any atom is -0.338 e. The molecule has 0 aliphatic heterocycles. The van der Waals surface area contributed by atoms with Crippen LogP contribution >= 0.6 is 17.2 Å². The molecular weight excluding hydrogens is 438 g/mol. The van der Waals surface area contributed by atoms with Crippen LogP contribution in [0.25, 0.3) is 33.6 Å². The maximum absolute atomic E-state index is 11.4. The zero-order valence-corrected chi connectivity index (χ0v) is 19.7. The molecule has 0 saturated carbocycles. The number of imidazole rings is 2. The Morgan fingerprint density at radius 1 is 0.750 bits per heavy atom. The van der Waals surface area contributed by atoms with Crippen LogP contribution in [0, 0.1) is 0 Å². The number of H-pyrrole nitrogens is 2. The van der Waals surface area contributed by atoms with Crippen molar-refractivity contribution in [3.8, 4) is 33.6 Å². The first-order chi connectivity index (χ1) is 15.5. The Balaban J connectivity index is 1.43. The van der Waals surface area contributed by atoms with Crippen LogP contribution in [-0.4, -0.2) is 31.0 Å². The fourth-order valence-corrected chi connectivity index (χ4v) is 5.45. The van der Waals surface area contributed by atoms with E-state index in [9.17, 15) is 9.59 Å². The fourth-order valence-electron chi connectivity index (χ4n) is 4.13. The van der Waals surface area contributed by atoms with Crippen LogP contribution in [0.1, 0.15) is 25.0 Å². The number of aromatic nitrogens is 4. The molecule has 160 valence electrons. The maximum Gasteiger partial charge on any atom is 0.155 e. The summed E-state index contributed by atoms with van der Waals surface area (Å²) in [4.78, 5) is 38.0. The predicted octanol–water partition coefficient (Wildman–Crippen LogP) is 3.93. The molecule has 0 saturated heterocycles. The zero-order chi connectivity index (χ0) is 22.2. The highest BCUT2D eigenvalue weighted by Crippen LogP contribution is 2.37. The van der Waals surface area contributed by atoms with Gasteiger partial charge in [-0.2, -0.15) is 0 Å². The standard InChI is InChI=1S/C24H22N4O2P2/c1-13(29)31-23-25-11-21(27-23)17-5-7-19-15(9-17)3-4-16-10-18(6-8-20(16)19)22-12-26-24(28-22)32-14(2)30/h5-12,31-32H,3-4H2,1-2H3,(H,25,27)(H,26,28). The fraction of sp³-hybridized carbons (Fsp3) is 0.167. The van der Waals surface area contributed by atoms with Crippen molar-refractivity contribution in [1.29, 1.82) is 0 Å². The quantitative estimate of drug-likeness (QED) is 0.427. The van der Waals surface area contributed by atoms with Crippen LogP contribution in [0.3, 0.4) is 0 Å². The summed E-state index contributed by atoms with van der Waals surface area (Å²) >= 11 is 0. The van der Waals surface area contributed by atoms with Crippen LogP contribution in [0.5, 0.6) is 0 Å². The number of hydrogen-bond acceptors (Lipinski definition) is 4. The first-order valence-corrected chi connectivity index (χ1v) is 12.4. The Hall–Kier alpha value is -2.94. The average molecular weight is 460 g/mol. The molecule has 4 aromatic rings. The topological polar surface area (TPSA) is 91.5 Å². The second kappa shape index (κ2) is 8.54. The first kappa shape index (κ1) is 20.9. The van der Waals surface area contributed by atoms with Gasteiger partial charge in [0.2, 0.25) is 0 Å². The van der Waals surface area contributed by atoms with Gasteiger partial charge in [0.15, 0.2) is 11.0 Å². The summed E-state index contributed by atoms with van der Waals surface area (Å²) in [5, 5.41) is 0. The van der Waals surface area contributed by atoms with Crippen LogP contribution < -0.4 is 11.1 Å². The van der Waals surface area contributed by atoms with E-state index >= 15 is 0 Å². The lowest BCUT2D eigenvalue weighted by Crippen LogP contribution is -2.05. The number of fused-ring (bicyclic) bond motifs is 3. The van der Waals surface area contributed by atoms with Gasteiger partial charge in [-0.05, 0) is 72.2 Å². The number of nitrogens with zero attached hydrogens (tertiary/aromatic N) is 2. The zero-order valence-electron chi connectivity index (χ0n) is 17.7. The summed E-state index contributed by atoms with van der Waals surface area (Å²) in [7, 11) is 0.133. The van der Waals surface area contributed by atoms with Crippen molar-refractivity contribution in [2.75, 3.05) is 0 Å². The van der Waals surface area contributed by atoms with Crippen LogP contribution in [0.15, 0.2) is 48.8 Å². The van der Waals surface area contributed by atoms with E-state index in [1.807, 2.05) is 0 Å². The van der Waals surface area contributed by atoms with E-state index in [0.717, 1.165) is 46.5 Å². The molecule has 6 nitrogen and oxygen atoms in total. The minimum atomic E-state index is 0.0666. The smallest absolute Gasteiger partial charge is 0.155 e. The second-order valence-electron chi connectivity index (χ2n) is 7.90. The molecule has 2 N–H and O–H groups in total. The van der Waals surface area contributed by atoms with Crippen LogP contribution in [0.2, 0.25) is 0 Å². The van der Waals surface area contributed by atoms with Crippen molar-refractivity contribution in [3.63, 3.8) is 0 Å². The third kappa shape index (κ3) is 4.21. The second-order valence-corrected chi connectivity index (χ2v) is 10.8. The molecule has 2 aromatic heterocycles. The van der Waals surface area contributed by atoms with E-state index in [1.54, 1.807) is 26.2 Å². The monoisotopic (exact) mass is 460 g/mol. The van der Waals surface area contributed by atoms with Gasteiger partial charge in [0.1, 0.15) is 11.1 Å². The average Bonchev–Trinajstić information content (AvgIpc) is 3.42. The molecule has 2 aromatic carbocycles. The summed E-state index contributed by atoms with van der Waals surface area (Å²) in [6.45, 7) is 3.17. The molecule has 0 spiro atoms. The first-order valence-electron chi connectivity index (χ1n) is 10.4. The van der Waals surface area contributed by atoms with Crippen molar-refractivity contribution >= 4 is 39.3 Å². The molecule has 0 bridgehead atoms. The Kier molecular flexibility index (Phi) is 5.58. The van der Waals surface area contributed by atoms with Gasteiger partial charge in [-0.3, -0.25) is 9.59 Å². The lowest BCUT2D eigenvalue weighted by Gasteiger charge is -2.21. The minimum absolute atomic E-state index is 0.0666. The molecule has 2 atom stereocenters. The van der Waals surface area contributed by atoms with E-state index in [0.29, 0.717) is 0 Å². The van der Waals surface area contributed by atoms with Gasteiger partial charge in [0.25, 0.3) is 0 Å². The third-order valence-corrected chi connectivity index (χ3v) is 7.21. The third-order valence-electron chi connectivity index (χ3n) is 5.53. The molecule has 0 radical (unpaired) electrons. The van der Waals surface area contributed by atoms with E-state index in [-0.39, 0.29) is 28.2 Å². The van der Waals surface area contributed by atoms with Gasteiger partial charge < -0.3 is 9.97 Å². The number of rotatable bonds is 6. The highest BCUT2D eigenvalue weighted by molar-refractivity contribution is 7.64. The van der Waals surface area contributed by atoms with E-state index < -0.39 is 0 Å². The SMILES string of the molecule is CC(=O)Pc1ncc(-c2ccc3c(c2)CCc2cc(-c4cnc(PC(C)=O)[nH]4)ccc2-3)[nH]1. The summed E-state index contributed by atoms with van der Waals surface area (Å²) < 4.78 is 0. The summed E-state index contributed by atoms with van der Waals surface area (Å²) in [6.07, 6.45) is 5.55. The molecular formula is C24H22N4O2P2. The lowest BCUT2D eigenvalue weighted by molar-refractivity contribution is -0.110. The number of hydrogen-bond donors (Lipinski definition) is 2. The van der Waals surface area contributed by atoms with Gasteiger partial charge in [-0.15, -0.1) is 0 Å². The van der Waals surface area contributed by atoms with Gasteiger partial charge in [-0.25, -0.2) is 9.97 Å². The number of nitrogens with one attached hydrogen (secondary N) is 2. The number of carbonyl (C=O) groups excluding carboxylic acids is 2. The van der Waals surface area contributed by atoms with Crippen molar-refractivity contribution in [1.82, 2.24) is 19.9 Å². The molecule has 5 rings (SSSR count). The molecule has 0 amide bonds. The number of aryl methyl sites for hydroxylation is 2. The Labute approximate surface area is 189 Å². The number of carbonyl (C=O) groups is 2. The van der Waals surface area contributed by atoms with Crippen LogP contribution in [0.4, 0.5) is 0 Å². The van der Waals surface area contributed by atoms with E-state index in [4.69, 9.17) is 0 Å². The van der Waals surface area contributed by atoms with Gasteiger partial charge in [-0.1, -0.05) is 24.3 Å². The largest absolute Gasteiger partial charge is 0.338 e. The maximum atomic E-state index is 11.4. The summed E-state index contributed by atoms with van der Waals surface area (Å²) in [5.41, 5.74) is 10.9. The molecule has 2 unspecified atom stereocenters. The van der Waals surface area contributed by atoms with E-state index in [1.165, 1.54) is 22.3 Å². The highest BCUT2D eigenvalue weighted by atomic mass is 31.1. The van der Waals surface area contributed by atoms with E-state index in [2.05, 4.69) is 56.3 Å². The molecule has 0 fully saturated rings. The van der Waals surface area contributed by atoms with Gasteiger partial charge in [0, 0.05) is 17.2 Å². The Bertz CT molecular complexity index is 1250. The predicted molar refractivity (Wildman–Crippen MR) is 132 cm³/mol. The lowest BCUT2D eigenvalue weighted by atomic mass is 9.83. The highest BCUT2D eigenvalue weighted by Gasteiger charge is 2.18. The summed E-state index contributed by atoms with van der Waals surface area (Å²) in [5.74, 6) is 0. The molecule has 1 aliphatic rings. The molecule has 2 heterocycles. The van der Waals surface area contributed by atoms with Gasteiger partial charge >= 0.3 is 0 Å². The van der Waals surface area contributed by atoms with Crippen molar-refractivity contribution in [2.45, 2.75) is 26.7 Å². The molecule has 1 aliphatic carbocycles. The van der Waals surface area contributed by atoms with Gasteiger partial charge in [0.05, 0.1) is 23.8 Å². The summed E-state index contributed by atoms with van der Waals surface area (Å²) in [6, 6.07) is 13.0. The molecule has 32 heavy (non-hydrogen) atoms. The van der Waals surface area contributed by atoms with Crippen LogP contribution in [-0.2, 0) is 22.4 Å².